The van der Waals surface area contributed by atoms with E-state index < -0.39 is 0 Å². The molecule has 0 saturated carbocycles. The van der Waals surface area contributed by atoms with Crippen LogP contribution < -0.4 is 0 Å². The number of halogens is 2. The van der Waals surface area contributed by atoms with Crippen LogP contribution in [0.1, 0.15) is 25.1 Å². The highest BCUT2D eigenvalue weighted by molar-refractivity contribution is 9.09. The third-order valence-electron chi connectivity index (χ3n) is 1.93. The van der Waals surface area contributed by atoms with E-state index in [0.717, 1.165) is 16.6 Å². The Morgan fingerprint density at radius 2 is 2.08 bits per heavy atom. The lowest BCUT2D eigenvalue weighted by Gasteiger charge is -2.22. The molecule has 1 aromatic heterocycles. The zero-order chi connectivity index (χ0) is 10.1. The molecule has 1 heterocycles. The molecule has 0 aliphatic heterocycles. The van der Waals surface area contributed by atoms with Gasteiger partial charge in [-0.1, -0.05) is 41.4 Å². The summed E-state index contributed by atoms with van der Waals surface area (Å²) in [5, 5.41) is 9.12. The minimum atomic E-state index is -0.00220. The number of rotatable bonds is 2. The largest absolute Gasteiger partial charge is 0.155 e. The molecule has 13 heavy (non-hydrogen) atoms. The Labute approximate surface area is 91.8 Å². The normalized spacial score (nSPS) is 11.8. The third-order valence-corrected chi connectivity index (χ3v) is 3.62. The Hall–Kier alpha value is -0.150. The molecule has 1 aromatic rings. The molecule has 0 aliphatic rings. The van der Waals surface area contributed by atoms with Crippen LogP contribution in [0.4, 0.5) is 0 Å². The van der Waals surface area contributed by atoms with Crippen molar-refractivity contribution in [1.82, 2.24) is 10.2 Å². The van der Waals surface area contributed by atoms with Crippen molar-refractivity contribution < 1.29 is 0 Å². The number of alkyl halides is 1. The maximum Gasteiger partial charge on any atom is 0.155 e. The standard InChI is InChI=1S/C9H12BrClN2/c1-6-4-7(8(11)13-12-6)9(2,3)5-10/h4H,5H2,1-3H3. The van der Waals surface area contributed by atoms with Gasteiger partial charge in [0.05, 0.1) is 5.69 Å². The lowest BCUT2D eigenvalue weighted by Crippen LogP contribution is -2.20. The molecular weight excluding hydrogens is 251 g/mol. The van der Waals surface area contributed by atoms with Gasteiger partial charge in [-0.15, -0.1) is 5.10 Å². The van der Waals surface area contributed by atoms with E-state index in [9.17, 15) is 0 Å². The number of aryl methyl sites for hydroxylation is 1. The molecule has 0 radical (unpaired) electrons. The molecule has 2 nitrogen and oxygen atoms in total. The minimum absolute atomic E-state index is 0.00220. The number of nitrogens with zero attached hydrogens (tertiary/aromatic N) is 2. The molecule has 0 N–H and O–H groups in total. The van der Waals surface area contributed by atoms with Crippen molar-refractivity contribution in [3.63, 3.8) is 0 Å². The molecule has 0 spiro atoms. The van der Waals surface area contributed by atoms with Gasteiger partial charge in [0.15, 0.2) is 5.15 Å². The van der Waals surface area contributed by atoms with Crippen LogP contribution in [0.3, 0.4) is 0 Å². The van der Waals surface area contributed by atoms with Gasteiger partial charge >= 0.3 is 0 Å². The molecule has 0 aromatic carbocycles. The number of aromatic nitrogens is 2. The molecular formula is C9H12BrClN2. The second-order valence-corrected chi connectivity index (χ2v) is 4.63. The Kier molecular flexibility index (Phi) is 3.30. The molecule has 0 bridgehead atoms. The topological polar surface area (TPSA) is 25.8 Å². The van der Waals surface area contributed by atoms with Gasteiger partial charge in [0.2, 0.25) is 0 Å². The fraction of sp³-hybridized carbons (Fsp3) is 0.556. The first-order valence-electron chi connectivity index (χ1n) is 4.03. The lowest BCUT2D eigenvalue weighted by atomic mass is 9.88. The molecule has 0 fully saturated rings. The maximum atomic E-state index is 5.97. The van der Waals surface area contributed by atoms with E-state index >= 15 is 0 Å². The minimum Gasteiger partial charge on any atom is -0.154 e. The van der Waals surface area contributed by atoms with Crippen LogP contribution in [0, 0.1) is 6.92 Å². The van der Waals surface area contributed by atoms with Crippen molar-refractivity contribution in [2.24, 2.45) is 0 Å². The second-order valence-electron chi connectivity index (χ2n) is 3.71. The second kappa shape index (κ2) is 3.93. The first-order valence-corrected chi connectivity index (χ1v) is 5.53. The van der Waals surface area contributed by atoms with E-state index in [1.54, 1.807) is 0 Å². The van der Waals surface area contributed by atoms with Gasteiger partial charge < -0.3 is 0 Å². The van der Waals surface area contributed by atoms with Crippen LogP contribution in [-0.4, -0.2) is 15.5 Å². The summed E-state index contributed by atoms with van der Waals surface area (Å²) in [6.07, 6.45) is 0. The van der Waals surface area contributed by atoms with Crippen LogP contribution >= 0.6 is 27.5 Å². The van der Waals surface area contributed by atoms with E-state index in [4.69, 9.17) is 11.6 Å². The van der Waals surface area contributed by atoms with Crippen molar-refractivity contribution in [3.05, 3.63) is 22.5 Å². The summed E-state index contributed by atoms with van der Waals surface area (Å²) in [5.74, 6) is 0. The van der Waals surface area contributed by atoms with E-state index in [1.807, 2.05) is 13.0 Å². The molecule has 4 heteroatoms. The van der Waals surface area contributed by atoms with Gasteiger partial charge in [-0.05, 0) is 18.6 Å². The molecule has 0 atom stereocenters. The first-order chi connectivity index (χ1) is 5.97. The highest BCUT2D eigenvalue weighted by Gasteiger charge is 2.23. The highest BCUT2D eigenvalue weighted by atomic mass is 79.9. The lowest BCUT2D eigenvalue weighted by molar-refractivity contribution is 0.599. The monoisotopic (exact) mass is 262 g/mol. The fourth-order valence-electron chi connectivity index (χ4n) is 1.02. The Morgan fingerprint density at radius 1 is 1.46 bits per heavy atom. The Morgan fingerprint density at radius 3 is 2.62 bits per heavy atom. The third kappa shape index (κ3) is 2.41. The highest BCUT2D eigenvalue weighted by Crippen LogP contribution is 2.29. The van der Waals surface area contributed by atoms with Gasteiger partial charge in [-0.2, -0.15) is 5.10 Å². The van der Waals surface area contributed by atoms with Crippen LogP contribution in [0.5, 0.6) is 0 Å². The van der Waals surface area contributed by atoms with E-state index in [1.165, 1.54) is 0 Å². The van der Waals surface area contributed by atoms with Crippen LogP contribution in [0.15, 0.2) is 6.07 Å². The zero-order valence-electron chi connectivity index (χ0n) is 7.93. The van der Waals surface area contributed by atoms with Crippen molar-refractivity contribution in [2.75, 3.05) is 5.33 Å². The van der Waals surface area contributed by atoms with Crippen LogP contribution in [0.2, 0.25) is 5.15 Å². The SMILES string of the molecule is Cc1cc(C(C)(C)CBr)c(Cl)nn1. The summed E-state index contributed by atoms with van der Waals surface area (Å²) in [6, 6.07) is 1.98. The molecule has 1 rings (SSSR count). The summed E-state index contributed by atoms with van der Waals surface area (Å²) < 4.78 is 0. The predicted octanol–water partition coefficient (Wildman–Crippen LogP) is 3.11. The molecule has 0 saturated heterocycles. The van der Waals surface area contributed by atoms with Gasteiger partial charge in [0, 0.05) is 10.7 Å². The average Bonchev–Trinajstić information content (AvgIpc) is 2.09. The average molecular weight is 264 g/mol. The van der Waals surface area contributed by atoms with E-state index in [-0.39, 0.29) is 5.41 Å². The first kappa shape index (κ1) is 10.9. The van der Waals surface area contributed by atoms with Gasteiger partial charge in [0.1, 0.15) is 0 Å². The zero-order valence-corrected chi connectivity index (χ0v) is 10.3. The molecule has 0 aliphatic carbocycles. The van der Waals surface area contributed by atoms with Crippen molar-refractivity contribution >= 4 is 27.5 Å². The summed E-state index contributed by atoms with van der Waals surface area (Å²) in [4.78, 5) is 0. The van der Waals surface area contributed by atoms with Gasteiger partial charge in [0.25, 0.3) is 0 Å². The summed E-state index contributed by atoms with van der Waals surface area (Å²) in [5.41, 5.74) is 1.93. The molecule has 0 amide bonds. The van der Waals surface area contributed by atoms with Gasteiger partial charge in [-0.25, -0.2) is 0 Å². The fourth-order valence-corrected chi connectivity index (χ4v) is 1.67. The van der Waals surface area contributed by atoms with Crippen LogP contribution in [-0.2, 0) is 5.41 Å². The smallest absolute Gasteiger partial charge is 0.154 e. The van der Waals surface area contributed by atoms with Crippen LogP contribution in [0.25, 0.3) is 0 Å². The molecule has 72 valence electrons. The summed E-state index contributed by atoms with van der Waals surface area (Å²) in [7, 11) is 0. The maximum absolute atomic E-state index is 5.97. The Bertz CT molecular complexity index is 312. The van der Waals surface area contributed by atoms with E-state index in [2.05, 4.69) is 40.0 Å². The summed E-state index contributed by atoms with van der Waals surface area (Å²) in [6.45, 7) is 6.14. The molecule has 0 unspecified atom stereocenters. The predicted molar refractivity (Wildman–Crippen MR) is 58.6 cm³/mol. The quantitative estimate of drug-likeness (QED) is 0.766. The van der Waals surface area contributed by atoms with Gasteiger partial charge in [-0.3, -0.25) is 0 Å². The van der Waals surface area contributed by atoms with Crippen molar-refractivity contribution in [1.29, 1.82) is 0 Å². The number of hydrogen-bond acceptors (Lipinski definition) is 2. The van der Waals surface area contributed by atoms with Crippen molar-refractivity contribution in [3.8, 4) is 0 Å². The van der Waals surface area contributed by atoms with E-state index in [0.29, 0.717) is 5.15 Å². The van der Waals surface area contributed by atoms with Crippen molar-refractivity contribution in [2.45, 2.75) is 26.2 Å². The Balaban J connectivity index is 3.20. The number of hydrogen-bond donors (Lipinski definition) is 0. The summed E-state index contributed by atoms with van der Waals surface area (Å²) >= 11 is 9.42.